The zero-order chi connectivity index (χ0) is 21.0. The van der Waals surface area contributed by atoms with Crippen LogP contribution in [0, 0.1) is 0 Å². The van der Waals surface area contributed by atoms with Crippen LogP contribution < -0.4 is 26.5 Å². The number of rotatable bonds is 7. The maximum Gasteiger partial charge on any atom is 0.341 e. The van der Waals surface area contributed by atoms with Crippen LogP contribution in [-0.2, 0) is 4.79 Å². The molecule has 3 rings (SSSR count). The zero-order valence-corrected chi connectivity index (χ0v) is 15.6. The van der Waals surface area contributed by atoms with E-state index in [4.69, 9.17) is 26.0 Å². The van der Waals surface area contributed by atoms with Crippen LogP contribution in [-0.4, -0.2) is 34.3 Å². The lowest BCUT2D eigenvalue weighted by Gasteiger charge is -2.13. The second-order valence-corrected chi connectivity index (χ2v) is 6.07. The summed E-state index contributed by atoms with van der Waals surface area (Å²) in [7, 11) is 0. The van der Waals surface area contributed by atoms with Crippen LogP contribution in [0.5, 0.6) is 11.5 Å². The lowest BCUT2D eigenvalue weighted by molar-refractivity contribution is -0.139. The normalized spacial score (nSPS) is 10.5. The first kappa shape index (κ1) is 19.7. The molecule has 0 bridgehead atoms. The minimum atomic E-state index is -1.05. The van der Waals surface area contributed by atoms with Crippen LogP contribution in [0.25, 0.3) is 22.5 Å². The van der Waals surface area contributed by atoms with Crippen molar-refractivity contribution in [3.8, 4) is 34.0 Å². The quantitative estimate of drug-likeness (QED) is 0.474. The Morgan fingerprint density at radius 3 is 2.59 bits per heavy atom. The highest BCUT2D eigenvalue weighted by Gasteiger charge is 2.14. The van der Waals surface area contributed by atoms with Gasteiger partial charge in [0.2, 0.25) is 0 Å². The average molecular weight is 396 g/mol. The second kappa shape index (κ2) is 8.34. The summed E-state index contributed by atoms with van der Waals surface area (Å²) in [6.45, 7) is 1.81. The number of hydrogen-bond donors (Lipinski definition) is 4. The molecule has 6 N–H and O–H groups in total. The molecule has 0 saturated heterocycles. The lowest BCUT2D eigenvalue weighted by Crippen LogP contribution is -2.17. The number of anilines is 2. The lowest BCUT2D eigenvalue weighted by atomic mass is 10.0. The van der Waals surface area contributed by atoms with Gasteiger partial charge in [-0.2, -0.15) is 0 Å². The number of hydrogen-bond acceptors (Lipinski definition) is 7. The molecule has 3 aromatic rings. The Kier molecular flexibility index (Phi) is 5.68. The van der Waals surface area contributed by atoms with Gasteiger partial charge in [-0.25, -0.2) is 9.78 Å². The van der Waals surface area contributed by atoms with E-state index in [0.29, 0.717) is 23.7 Å². The standard InChI is InChI=1S/C20H20N4O5/c1-2-28-15-9-12(11-4-3-5-13(8-11)29-10-16(25)26)6-7-14(15)19-23-18(22)17(21)20(27)24-19/h3-9H,2,10,21H2,1H3,(H,25,26)(H3,22,23,24,27). The summed E-state index contributed by atoms with van der Waals surface area (Å²) in [6.07, 6.45) is 0. The summed E-state index contributed by atoms with van der Waals surface area (Å²) < 4.78 is 11.0. The van der Waals surface area contributed by atoms with Crippen LogP contribution in [0.4, 0.5) is 11.5 Å². The van der Waals surface area contributed by atoms with Gasteiger partial charge in [0.15, 0.2) is 12.4 Å². The number of carboxylic acid groups (broad SMARTS) is 1. The highest BCUT2D eigenvalue weighted by atomic mass is 16.5. The highest BCUT2D eigenvalue weighted by molar-refractivity contribution is 5.75. The molecular weight excluding hydrogens is 376 g/mol. The van der Waals surface area contributed by atoms with Crippen LogP contribution in [0.3, 0.4) is 0 Å². The molecule has 9 heteroatoms. The Balaban J connectivity index is 2.02. The van der Waals surface area contributed by atoms with E-state index >= 15 is 0 Å². The van der Waals surface area contributed by atoms with Gasteiger partial charge >= 0.3 is 5.97 Å². The SMILES string of the molecule is CCOc1cc(-c2cccc(OCC(=O)O)c2)ccc1-c1nc(N)c(N)c(=O)[nH]1. The van der Waals surface area contributed by atoms with Gasteiger partial charge in [0.1, 0.15) is 23.0 Å². The van der Waals surface area contributed by atoms with E-state index in [9.17, 15) is 9.59 Å². The third-order valence-corrected chi connectivity index (χ3v) is 4.05. The van der Waals surface area contributed by atoms with Crippen LogP contribution in [0.15, 0.2) is 47.3 Å². The van der Waals surface area contributed by atoms with Gasteiger partial charge in [0, 0.05) is 0 Å². The molecular formula is C20H20N4O5. The minimum Gasteiger partial charge on any atom is -0.493 e. The van der Waals surface area contributed by atoms with Crippen LogP contribution in [0.2, 0.25) is 0 Å². The molecule has 0 spiro atoms. The van der Waals surface area contributed by atoms with Gasteiger partial charge in [0.25, 0.3) is 5.56 Å². The number of aliphatic carboxylic acids is 1. The van der Waals surface area contributed by atoms with Gasteiger partial charge in [-0.15, -0.1) is 0 Å². The summed E-state index contributed by atoms with van der Waals surface area (Å²) in [5.41, 5.74) is 12.8. The zero-order valence-electron chi connectivity index (χ0n) is 15.6. The van der Waals surface area contributed by atoms with Crippen LogP contribution >= 0.6 is 0 Å². The van der Waals surface area contributed by atoms with Gasteiger partial charge < -0.3 is 31.0 Å². The Morgan fingerprint density at radius 1 is 1.14 bits per heavy atom. The molecule has 0 amide bonds. The molecule has 0 saturated carbocycles. The van der Waals surface area contributed by atoms with Crippen molar-refractivity contribution >= 4 is 17.5 Å². The number of nitrogen functional groups attached to an aromatic ring is 2. The topological polar surface area (TPSA) is 154 Å². The van der Waals surface area contributed by atoms with Crippen molar-refractivity contribution in [2.24, 2.45) is 0 Å². The molecule has 1 heterocycles. The Labute approximate surface area is 165 Å². The largest absolute Gasteiger partial charge is 0.493 e. The highest BCUT2D eigenvalue weighted by Crippen LogP contribution is 2.34. The molecule has 0 aliphatic heterocycles. The Bertz CT molecular complexity index is 1110. The van der Waals surface area contributed by atoms with E-state index in [1.54, 1.807) is 30.3 Å². The van der Waals surface area contributed by atoms with E-state index in [-0.39, 0.29) is 17.3 Å². The first-order valence-corrected chi connectivity index (χ1v) is 8.76. The molecule has 2 aromatic carbocycles. The molecule has 0 radical (unpaired) electrons. The summed E-state index contributed by atoms with van der Waals surface area (Å²) in [5.74, 6) is 0.0647. The van der Waals surface area contributed by atoms with Crippen LogP contribution in [0.1, 0.15) is 6.92 Å². The van der Waals surface area contributed by atoms with E-state index < -0.39 is 18.1 Å². The van der Waals surface area contributed by atoms with Gasteiger partial charge in [-0.3, -0.25) is 4.79 Å². The number of H-pyrrole nitrogens is 1. The number of aromatic nitrogens is 2. The monoisotopic (exact) mass is 396 g/mol. The van der Waals surface area contributed by atoms with Crippen molar-refractivity contribution in [2.45, 2.75) is 6.92 Å². The first-order chi connectivity index (χ1) is 13.9. The fourth-order valence-electron chi connectivity index (χ4n) is 2.71. The molecule has 29 heavy (non-hydrogen) atoms. The number of nitrogens with zero attached hydrogens (tertiary/aromatic N) is 1. The fraction of sp³-hybridized carbons (Fsp3) is 0.150. The number of nitrogens with one attached hydrogen (secondary N) is 1. The molecule has 0 fully saturated rings. The summed E-state index contributed by atoms with van der Waals surface area (Å²) in [4.78, 5) is 29.4. The molecule has 0 unspecified atom stereocenters. The van der Waals surface area contributed by atoms with Crippen molar-refractivity contribution in [3.63, 3.8) is 0 Å². The van der Waals surface area contributed by atoms with Crippen molar-refractivity contribution in [3.05, 3.63) is 52.8 Å². The van der Waals surface area contributed by atoms with E-state index in [1.165, 1.54) is 0 Å². The second-order valence-electron chi connectivity index (χ2n) is 6.07. The minimum absolute atomic E-state index is 0.0569. The van der Waals surface area contributed by atoms with Crippen molar-refractivity contribution in [2.75, 3.05) is 24.7 Å². The number of carbonyl (C=O) groups is 1. The number of nitrogens with two attached hydrogens (primary N) is 2. The van der Waals surface area contributed by atoms with Gasteiger partial charge in [-0.1, -0.05) is 18.2 Å². The smallest absolute Gasteiger partial charge is 0.341 e. The summed E-state index contributed by atoms with van der Waals surface area (Å²) in [5, 5.41) is 8.76. The summed E-state index contributed by atoms with van der Waals surface area (Å²) >= 11 is 0. The molecule has 9 nitrogen and oxygen atoms in total. The number of aromatic amines is 1. The third kappa shape index (κ3) is 4.46. The summed E-state index contributed by atoms with van der Waals surface area (Å²) in [6, 6.07) is 12.4. The Hall–Kier alpha value is -4.01. The molecule has 0 atom stereocenters. The van der Waals surface area contributed by atoms with Gasteiger partial charge in [-0.05, 0) is 42.3 Å². The van der Waals surface area contributed by atoms with E-state index in [2.05, 4.69) is 9.97 Å². The molecule has 0 aliphatic rings. The van der Waals surface area contributed by atoms with Gasteiger partial charge in [0.05, 0.1) is 12.2 Å². The molecule has 1 aromatic heterocycles. The maximum absolute atomic E-state index is 11.9. The predicted molar refractivity (Wildman–Crippen MR) is 109 cm³/mol. The number of ether oxygens (including phenoxy) is 2. The fourth-order valence-corrected chi connectivity index (χ4v) is 2.71. The molecule has 0 aliphatic carbocycles. The van der Waals surface area contributed by atoms with Crippen molar-refractivity contribution in [1.29, 1.82) is 0 Å². The van der Waals surface area contributed by atoms with Crippen molar-refractivity contribution in [1.82, 2.24) is 9.97 Å². The van der Waals surface area contributed by atoms with Crippen molar-refractivity contribution < 1.29 is 19.4 Å². The number of benzene rings is 2. The first-order valence-electron chi connectivity index (χ1n) is 8.76. The number of carboxylic acids is 1. The molecule has 150 valence electrons. The average Bonchev–Trinajstić information content (AvgIpc) is 2.70. The maximum atomic E-state index is 11.9. The third-order valence-electron chi connectivity index (χ3n) is 4.05. The Morgan fingerprint density at radius 2 is 1.90 bits per heavy atom. The van der Waals surface area contributed by atoms with E-state index in [1.807, 2.05) is 19.1 Å². The van der Waals surface area contributed by atoms with E-state index in [0.717, 1.165) is 11.1 Å². The predicted octanol–water partition coefficient (Wildman–Crippen LogP) is 2.13.